The average Bonchev–Trinajstić information content (AvgIpc) is 1.27. The zero-order valence-corrected chi connectivity index (χ0v) is 4.94. The third-order valence-electron chi connectivity index (χ3n) is 0.379. The van der Waals surface area contributed by atoms with Crippen molar-refractivity contribution >= 4 is 14.1 Å². The van der Waals surface area contributed by atoms with Crippen LogP contribution in [-0.2, 0) is 0 Å². The Morgan fingerprint density at radius 1 is 1.71 bits per heavy atom. The smallest absolute Gasteiger partial charge is 0.170 e. The summed E-state index contributed by atoms with van der Waals surface area (Å²) in [5.41, 5.74) is 0.316. The second-order valence-electron chi connectivity index (χ2n) is 1.31. The molecule has 0 saturated heterocycles. The minimum Gasteiger partial charge on any atom is -0.350 e. The molecule has 4 heteroatoms. The van der Waals surface area contributed by atoms with Crippen molar-refractivity contribution in [3.63, 3.8) is 0 Å². The molecule has 0 aromatic heterocycles. The maximum atomic E-state index is 8.20. The van der Waals surface area contributed by atoms with E-state index in [9.17, 15) is 0 Å². The molecule has 0 amide bonds. The summed E-state index contributed by atoms with van der Waals surface area (Å²) < 4.78 is 0. The van der Waals surface area contributed by atoms with Gasteiger partial charge in [-0.25, -0.2) is 0 Å². The summed E-state index contributed by atoms with van der Waals surface area (Å²) in [7, 11) is -1.86. The lowest BCUT2D eigenvalue weighted by molar-refractivity contribution is 0.488. The van der Waals surface area contributed by atoms with Gasteiger partial charge in [-0.2, -0.15) is 0 Å². The van der Waals surface area contributed by atoms with Crippen molar-refractivity contribution in [3.8, 4) is 0 Å². The molecule has 3 nitrogen and oxygen atoms in total. The van der Waals surface area contributed by atoms with Crippen molar-refractivity contribution in [2.24, 2.45) is 0 Å². The summed E-state index contributed by atoms with van der Waals surface area (Å²) in [5.74, 6) is 0. The minimum absolute atomic E-state index is 0.120. The lowest BCUT2D eigenvalue weighted by Gasteiger charge is -1.95. The van der Waals surface area contributed by atoms with E-state index in [0.29, 0.717) is 5.71 Å². The topological polar surface area (TPSA) is 64.3 Å². The van der Waals surface area contributed by atoms with E-state index in [2.05, 4.69) is 0 Å². The van der Waals surface area contributed by atoms with Gasteiger partial charge >= 0.3 is 0 Å². The second kappa shape index (κ2) is 3.08. The first kappa shape index (κ1) is 7.02. The van der Waals surface area contributed by atoms with Crippen LogP contribution in [0, 0.1) is 5.41 Å². The lowest BCUT2D eigenvalue weighted by atomic mass is 10.5. The third kappa shape index (κ3) is 6.02. The van der Waals surface area contributed by atoms with Crippen molar-refractivity contribution in [3.05, 3.63) is 0 Å². The second-order valence-corrected chi connectivity index (χ2v) is 2.37. The normalized spacial score (nSPS) is 9.71. The quantitative estimate of drug-likeness (QED) is 0.364. The van der Waals surface area contributed by atoms with Gasteiger partial charge in [-0.05, 0) is 6.92 Å². The average molecular weight is 121 g/mol. The van der Waals surface area contributed by atoms with Crippen LogP contribution < -0.4 is 0 Å². The monoisotopic (exact) mass is 121 g/mol. The van der Waals surface area contributed by atoms with E-state index in [-0.39, 0.29) is 6.16 Å². The van der Waals surface area contributed by atoms with Gasteiger partial charge in [0.2, 0.25) is 0 Å². The zero-order chi connectivity index (χ0) is 5.86. The predicted molar refractivity (Wildman–Crippen MR) is 29.6 cm³/mol. The Morgan fingerprint density at radius 2 is 2.14 bits per heavy atom. The van der Waals surface area contributed by atoms with Crippen LogP contribution >= 0.6 is 8.38 Å². The fraction of sp³-hybridized carbons (Fsp3) is 0.667. The molecular formula is C3H8NO2P. The van der Waals surface area contributed by atoms with E-state index >= 15 is 0 Å². The van der Waals surface area contributed by atoms with Gasteiger partial charge in [0.25, 0.3) is 0 Å². The van der Waals surface area contributed by atoms with Crippen LogP contribution in [0.1, 0.15) is 6.92 Å². The van der Waals surface area contributed by atoms with Crippen LogP contribution in [0.25, 0.3) is 0 Å². The summed E-state index contributed by atoms with van der Waals surface area (Å²) in [4.78, 5) is 16.4. The Kier molecular flexibility index (Phi) is 3.09. The Morgan fingerprint density at radius 3 is 2.14 bits per heavy atom. The van der Waals surface area contributed by atoms with Gasteiger partial charge in [-0.3, -0.25) is 0 Å². The van der Waals surface area contributed by atoms with Gasteiger partial charge in [0.15, 0.2) is 8.38 Å². The molecule has 0 aliphatic carbocycles. The molecule has 0 aromatic carbocycles. The molecular weight excluding hydrogens is 113 g/mol. The van der Waals surface area contributed by atoms with Crippen LogP contribution in [-0.4, -0.2) is 21.7 Å². The highest BCUT2D eigenvalue weighted by atomic mass is 31.2. The van der Waals surface area contributed by atoms with E-state index in [0.717, 1.165) is 0 Å². The molecule has 0 unspecified atom stereocenters. The molecule has 0 rings (SSSR count). The first-order valence-electron chi connectivity index (χ1n) is 1.82. The molecule has 0 aliphatic rings. The highest BCUT2D eigenvalue weighted by Crippen LogP contribution is 2.21. The summed E-state index contributed by atoms with van der Waals surface area (Å²) in [6, 6.07) is 0. The molecule has 0 atom stereocenters. The van der Waals surface area contributed by atoms with Crippen LogP contribution in [0.3, 0.4) is 0 Å². The van der Waals surface area contributed by atoms with Gasteiger partial charge in [0, 0.05) is 5.71 Å². The molecule has 0 saturated carbocycles. The van der Waals surface area contributed by atoms with Crippen molar-refractivity contribution in [2.45, 2.75) is 6.92 Å². The van der Waals surface area contributed by atoms with Gasteiger partial charge < -0.3 is 15.2 Å². The lowest BCUT2D eigenvalue weighted by Crippen LogP contribution is -1.93. The highest BCUT2D eigenvalue weighted by molar-refractivity contribution is 7.46. The molecule has 3 N–H and O–H groups in total. The molecule has 0 aliphatic heterocycles. The molecule has 0 bridgehead atoms. The number of hydrogen-bond acceptors (Lipinski definition) is 3. The predicted octanol–water partition coefficient (Wildman–Crippen LogP) is 0.323. The zero-order valence-electron chi connectivity index (χ0n) is 4.05. The molecule has 42 valence electrons. The van der Waals surface area contributed by atoms with Crippen LogP contribution in [0.15, 0.2) is 0 Å². The fourth-order valence-corrected chi connectivity index (χ4v) is 0.636. The molecule has 0 fully saturated rings. The summed E-state index contributed by atoms with van der Waals surface area (Å²) in [6.45, 7) is 1.54. The van der Waals surface area contributed by atoms with Gasteiger partial charge in [0.1, 0.15) is 0 Å². The Bertz CT molecular complexity index is 73.3. The summed E-state index contributed by atoms with van der Waals surface area (Å²) in [6.07, 6.45) is 0.120. The first-order valence-corrected chi connectivity index (χ1v) is 3.25. The SMILES string of the molecule is CC(=N)CP(O)O. The van der Waals surface area contributed by atoms with Gasteiger partial charge in [-0.1, -0.05) is 0 Å². The number of hydrogen-bond donors (Lipinski definition) is 3. The van der Waals surface area contributed by atoms with E-state index in [1.54, 1.807) is 6.92 Å². The van der Waals surface area contributed by atoms with Crippen LogP contribution in [0.2, 0.25) is 0 Å². The number of nitrogens with one attached hydrogen (secondary N) is 1. The van der Waals surface area contributed by atoms with Crippen molar-refractivity contribution in [1.29, 1.82) is 5.41 Å². The molecule has 0 radical (unpaired) electrons. The van der Waals surface area contributed by atoms with Crippen molar-refractivity contribution in [1.82, 2.24) is 0 Å². The maximum absolute atomic E-state index is 8.20. The minimum atomic E-state index is -1.86. The number of rotatable bonds is 2. The Balaban J connectivity index is 3.13. The van der Waals surface area contributed by atoms with E-state index in [1.165, 1.54) is 0 Å². The van der Waals surface area contributed by atoms with Crippen LogP contribution in [0.5, 0.6) is 0 Å². The molecule has 0 aromatic rings. The van der Waals surface area contributed by atoms with E-state index in [1.807, 2.05) is 0 Å². The third-order valence-corrected chi connectivity index (χ3v) is 1.14. The fourth-order valence-electron chi connectivity index (χ4n) is 0.212. The standard InChI is InChI=1S/C3H8NO2P/c1-3(4)2-7(5)6/h4-6H,2H2,1H3. The van der Waals surface area contributed by atoms with Gasteiger partial charge in [-0.15, -0.1) is 0 Å². The molecule has 0 heterocycles. The summed E-state index contributed by atoms with van der Waals surface area (Å²) >= 11 is 0. The van der Waals surface area contributed by atoms with E-state index in [4.69, 9.17) is 15.2 Å². The first-order chi connectivity index (χ1) is 3.13. The largest absolute Gasteiger partial charge is 0.350 e. The van der Waals surface area contributed by atoms with E-state index < -0.39 is 8.38 Å². The molecule has 7 heavy (non-hydrogen) atoms. The Hall–Kier alpha value is 0.0200. The highest BCUT2D eigenvalue weighted by Gasteiger charge is 1.96. The van der Waals surface area contributed by atoms with Crippen molar-refractivity contribution < 1.29 is 9.79 Å². The van der Waals surface area contributed by atoms with Crippen LogP contribution in [0.4, 0.5) is 0 Å². The van der Waals surface area contributed by atoms with Gasteiger partial charge in [0.05, 0.1) is 6.16 Å². The Labute approximate surface area is 43.4 Å². The maximum Gasteiger partial charge on any atom is 0.170 e. The van der Waals surface area contributed by atoms with Crippen molar-refractivity contribution in [2.75, 3.05) is 6.16 Å². The molecule has 0 spiro atoms. The summed E-state index contributed by atoms with van der Waals surface area (Å²) in [5, 5.41) is 6.72.